The molecule has 1 amide bonds. The highest BCUT2D eigenvalue weighted by Gasteiger charge is 2.48. The summed E-state index contributed by atoms with van der Waals surface area (Å²) in [6, 6.07) is 0.340. The van der Waals surface area contributed by atoms with E-state index in [0.717, 1.165) is 57.5 Å². The van der Waals surface area contributed by atoms with Crippen molar-refractivity contribution in [1.29, 1.82) is 0 Å². The van der Waals surface area contributed by atoms with Crippen molar-refractivity contribution in [3.8, 4) is 5.88 Å². The van der Waals surface area contributed by atoms with Crippen molar-refractivity contribution in [3.63, 3.8) is 0 Å². The largest absolute Gasteiger partial charge is 0.477 e. The number of rotatable bonds is 8. The molecule has 6 rings (SSSR count). The highest BCUT2D eigenvalue weighted by molar-refractivity contribution is 5.96. The Balaban J connectivity index is 0.00000153. The lowest BCUT2D eigenvalue weighted by Gasteiger charge is -2.54. The van der Waals surface area contributed by atoms with E-state index in [9.17, 15) is 4.79 Å². The molecule has 7 nitrogen and oxygen atoms in total. The van der Waals surface area contributed by atoms with Gasteiger partial charge in [-0.25, -0.2) is 4.68 Å². The highest BCUT2D eigenvalue weighted by atomic mass is 35.5. The number of nitrogens with zero attached hydrogens (tertiary/aromatic N) is 3. The number of nitrogens with one attached hydrogen (secondary N) is 2. The Kier molecular flexibility index (Phi) is 9.74. The zero-order valence-electron chi connectivity index (χ0n) is 19.8. The van der Waals surface area contributed by atoms with Gasteiger partial charge in [-0.15, -0.1) is 24.8 Å². The molecule has 0 aromatic carbocycles. The molecule has 4 aliphatic carbocycles. The van der Waals surface area contributed by atoms with Gasteiger partial charge >= 0.3 is 0 Å². The zero-order chi connectivity index (χ0) is 21.2. The average Bonchev–Trinajstić information content (AvgIpc) is 2.97. The summed E-state index contributed by atoms with van der Waals surface area (Å²) in [5.41, 5.74) is 0.611. The fraction of sp³-hybridized carbons (Fsp3) is 0.833. The molecule has 4 saturated carbocycles. The predicted molar refractivity (Wildman–Crippen MR) is 135 cm³/mol. The van der Waals surface area contributed by atoms with Crippen molar-refractivity contribution >= 4 is 30.7 Å². The van der Waals surface area contributed by atoms with Crippen LogP contribution in [0.5, 0.6) is 5.88 Å². The quantitative estimate of drug-likeness (QED) is 0.571. The molecule has 4 bridgehead atoms. The van der Waals surface area contributed by atoms with Crippen molar-refractivity contribution in [3.05, 3.63) is 11.8 Å². The molecule has 0 unspecified atom stereocenters. The van der Waals surface area contributed by atoms with E-state index in [1.165, 1.54) is 38.5 Å². The maximum absolute atomic E-state index is 13.3. The molecule has 0 atom stereocenters. The maximum atomic E-state index is 13.3. The van der Waals surface area contributed by atoms with Crippen LogP contribution >= 0.6 is 24.8 Å². The van der Waals surface area contributed by atoms with Crippen LogP contribution in [0.3, 0.4) is 0 Å². The number of ether oxygens (including phenoxy) is 1. The first-order valence-corrected chi connectivity index (χ1v) is 12.6. The number of amides is 1. The normalized spacial score (nSPS) is 30.8. The van der Waals surface area contributed by atoms with Gasteiger partial charge in [0.1, 0.15) is 5.56 Å². The van der Waals surface area contributed by atoms with Crippen molar-refractivity contribution < 1.29 is 9.53 Å². The van der Waals surface area contributed by atoms with E-state index < -0.39 is 0 Å². The SMILES string of the molecule is CCCOc1c(C(=O)NC2C3CC4CC(C3)CC2C4)cnn1CCN1CCCNCC1.Cl.Cl. The number of aromatic nitrogens is 2. The van der Waals surface area contributed by atoms with Crippen LogP contribution in [-0.2, 0) is 6.54 Å². The second kappa shape index (κ2) is 12.1. The summed E-state index contributed by atoms with van der Waals surface area (Å²) in [7, 11) is 0. The van der Waals surface area contributed by atoms with E-state index in [1.54, 1.807) is 6.20 Å². The van der Waals surface area contributed by atoms with Crippen molar-refractivity contribution in [2.24, 2.45) is 23.7 Å². The van der Waals surface area contributed by atoms with Crippen LogP contribution in [0.4, 0.5) is 0 Å². The summed E-state index contributed by atoms with van der Waals surface area (Å²) in [5.74, 6) is 3.83. The van der Waals surface area contributed by atoms with Crippen LogP contribution in [0.2, 0.25) is 0 Å². The summed E-state index contributed by atoms with van der Waals surface area (Å²) >= 11 is 0. The lowest BCUT2D eigenvalue weighted by Crippen LogP contribution is -2.55. The Morgan fingerprint density at radius 1 is 1.09 bits per heavy atom. The number of halogens is 2. The van der Waals surface area contributed by atoms with Crippen LogP contribution < -0.4 is 15.4 Å². The summed E-state index contributed by atoms with van der Waals surface area (Å²) in [6.45, 7) is 8.70. The Morgan fingerprint density at radius 3 is 2.52 bits per heavy atom. The first-order chi connectivity index (χ1) is 15.2. The maximum Gasteiger partial charge on any atom is 0.258 e. The molecular weight excluding hydrogens is 461 g/mol. The van der Waals surface area contributed by atoms with E-state index in [0.29, 0.717) is 35.9 Å². The fourth-order valence-electron chi connectivity index (χ4n) is 6.79. The van der Waals surface area contributed by atoms with E-state index in [-0.39, 0.29) is 30.7 Å². The number of hydrogen-bond acceptors (Lipinski definition) is 5. The first kappa shape index (κ1) is 26.6. The lowest BCUT2D eigenvalue weighted by atomic mass is 9.54. The fourth-order valence-corrected chi connectivity index (χ4v) is 6.79. The molecule has 5 aliphatic rings. The highest BCUT2D eigenvalue weighted by Crippen LogP contribution is 2.53. The van der Waals surface area contributed by atoms with Gasteiger partial charge in [0.2, 0.25) is 5.88 Å². The first-order valence-electron chi connectivity index (χ1n) is 12.6. The number of carbonyl (C=O) groups excluding carboxylic acids is 1. The van der Waals surface area contributed by atoms with Gasteiger partial charge in [-0.2, -0.15) is 5.10 Å². The molecule has 33 heavy (non-hydrogen) atoms. The van der Waals surface area contributed by atoms with Gasteiger partial charge < -0.3 is 20.3 Å². The second-order valence-electron chi connectivity index (χ2n) is 10.3. The molecule has 1 saturated heterocycles. The van der Waals surface area contributed by atoms with Crippen molar-refractivity contribution in [1.82, 2.24) is 25.3 Å². The molecule has 188 valence electrons. The second-order valence-corrected chi connectivity index (χ2v) is 10.3. The Bertz CT molecular complexity index is 738. The minimum atomic E-state index is 0. The zero-order valence-corrected chi connectivity index (χ0v) is 21.5. The summed E-state index contributed by atoms with van der Waals surface area (Å²) in [5, 5.41) is 11.5. The molecule has 0 spiro atoms. The van der Waals surface area contributed by atoms with Gasteiger partial charge in [0, 0.05) is 25.7 Å². The molecule has 9 heteroatoms. The van der Waals surface area contributed by atoms with E-state index in [1.807, 2.05) is 4.68 Å². The predicted octanol–water partition coefficient (Wildman–Crippen LogP) is 3.37. The van der Waals surface area contributed by atoms with E-state index in [4.69, 9.17) is 4.74 Å². The minimum absolute atomic E-state index is 0. The summed E-state index contributed by atoms with van der Waals surface area (Å²) < 4.78 is 7.96. The van der Waals surface area contributed by atoms with Crippen LogP contribution in [0, 0.1) is 23.7 Å². The van der Waals surface area contributed by atoms with Gasteiger partial charge in [0.25, 0.3) is 5.91 Å². The van der Waals surface area contributed by atoms with Crippen LogP contribution in [0.1, 0.15) is 62.2 Å². The summed E-state index contributed by atoms with van der Waals surface area (Å²) in [4.78, 5) is 15.8. The molecule has 1 aliphatic heterocycles. The molecule has 2 N–H and O–H groups in total. The van der Waals surface area contributed by atoms with E-state index >= 15 is 0 Å². The average molecular weight is 503 g/mol. The Labute approximate surface area is 210 Å². The monoisotopic (exact) mass is 501 g/mol. The van der Waals surface area contributed by atoms with Crippen LogP contribution in [0.15, 0.2) is 6.20 Å². The van der Waals surface area contributed by atoms with E-state index in [2.05, 4.69) is 27.6 Å². The molecular formula is C24H41Cl2N5O2. The Hall–Kier alpha value is -1.02. The minimum Gasteiger partial charge on any atom is -0.477 e. The van der Waals surface area contributed by atoms with Gasteiger partial charge in [0.15, 0.2) is 0 Å². The lowest BCUT2D eigenvalue weighted by molar-refractivity contribution is -0.0120. The molecule has 1 aromatic heterocycles. The third-order valence-corrected chi connectivity index (χ3v) is 8.06. The summed E-state index contributed by atoms with van der Waals surface area (Å²) in [6.07, 6.45) is 10.5. The number of carbonyl (C=O) groups is 1. The third-order valence-electron chi connectivity index (χ3n) is 8.06. The molecule has 5 fully saturated rings. The Morgan fingerprint density at radius 2 is 1.82 bits per heavy atom. The molecule has 2 heterocycles. The van der Waals surface area contributed by atoms with Gasteiger partial charge in [-0.3, -0.25) is 4.79 Å². The van der Waals surface area contributed by atoms with Gasteiger partial charge in [0.05, 0.1) is 19.3 Å². The molecule has 1 aromatic rings. The molecule has 0 radical (unpaired) electrons. The standard InChI is InChI=1S/C24H39N5O2.2ClH/c1-2-10-31-24-21(16-26-29(24)9-8-28-6-3-4-25-5-7-28)23(30)27-22-19-12-17-11-18(14-19)15-20(22)13-17;;/h16-20,22,25H,2-15H2,1H3,(H,27,30);2*1H. The van der Waals surface area contributed by atoms with Crippen molar-refractivity contribution in [2.45, 2.75) is 64.5 Å². The van der Waals surface area contributed by atoms with Crippen LogP contribution in [0.25, 0.3) is 0 Å². The van der Waals surface area contributed by atoms with Crippen LogP contribution in [-0.4, -0.2) is 66.0 Å². The topological polar surface area (TPSA) is 71.4 Å². The third kappa shape index (κ3) is 5.98. The number of hydrogen-bond donors (Lipinski definition) is 2. The van der Waals surface area contributed by atoms with Gasteiger partial charge in [-0.05, 0) is 81.7 Å². The van der Waals surface area contributed by atoms with Gasteiger partial charge in [-0.1, -0.05) is 6.92 Å². The van der Waals surface area contributed by atoms with Crippen molar-refractivity contribution in [2.75, 3.05) is 39.3 Å². The smallest absolute Gasteiger partial charge is 0.258 e.